The van der Waals surface area contributed by atoms with E-state index in [1.807, 2.05) is 60.4 Å². The van der Waals surface area contributed by atoms with Crippen LogP contribution >= 0.6 is 0 Å². The summed E-state index contributed by atoms with van der Waals surface area (Å²) in [6.07, 6.45) is 7.83. The quantitative estimate of drug-likeness (QED) is 0.400. The average molecular weight is 393 g/mol. The summed E-state index contributed by atoms with van der Waals surface area (Å²) in [6, 6.07) is 15.7. The van der Waals surface area contributed by atoms with Gasteiger partial charge in [0, 0.05) is 17.8 Å². The van der Waals surface area contributed by atoms with Gasteiger partial charge in [0.15, 0.2) is 0 Å². The van der Waals surface area contributed by atoms with E-state index in [0.717, 1.165) is 30.0 Å². The second-order valence-corrected chi connectivity index (χ2v) is 7.74. The van der Waals surface area contributed by atoms with Crippen molar-refractivity contribution in [2.45, 2.75) is 51.6 Å². The highest BCUT2D eigenvalue weighted by Crippen LogP contribution is 2.38. The van der Waals surface area contributed by atoms with E-state index in [0.29, 0.717) is 12.1 Å². The Morgan fingerprint density at radius 2 is 1.90 bits per heavy atom. The third-order valence-electron chi connectivity index (χ3n) is 5.54. The minimum absolute atomic E-state index is 0.00370. The van der Waals surface area contributed by atoms with Gasteiger partial charge in [-0.3, -0.25) is 4.79 Å². The molecule has 154 valence electrons. The molecule has 0 bridgehead atoms. The maximum absolute atomic E-state index is 13.2. The molecule has 0 saturated heterocycles. The monoisotopic (exact) mass is 392 g/mol. The molecule has 3 rings (SSSR count). The van der Waals surface area contributed by atoms with Crippen molar-refractivity contribution in [3.8, 4) is 5.75 Å². The smallest absolute Gasteiger partial charge is 0.258 e. The second-order valence-electron chi connectivity index (χ2n) is 7.74. The van der Waals surface area contributed by atoms with Crippen LogP contribution in [0.5, 0.6) is 5.75 Å². The van der Waals surface area contributed by atoms with Crippen LogP contribution in [-0.2, 0) is 5.66 Å². The molecular weight excluding hydrogens is 360 g/mol. The molecule has 1 N–H and O–H groups in total. The van der Waals surface area contributed by atoms with E-state index in [1.165, 1.54) is 25.7 Å². The van der Waals surface area contributed by atoms with E-state index in [4.69, 9.17) is 4.74 Å². The Bertz CT molecular complexity index is 848. The summed E-state index contributed by atoms with van der Waals surface area (Å²) < 4.78 is 6.00. The first-order valence-corrected chi connectivity index (χ1v) is 10.6. The van der Waals surface area contributed by atoms with Crippen LogP contribution in [0.15, 0.2) is 61.2 Å². The number of benzene rings is 2. The highest BCUT2D eigenvalue weighted by Gasteiger charge is 2.41. The SMILES string of the molecule is C=CCN1C(=O)c2ccccc2NC1(C)c1cccc(OCCCCCCC)c1. The maximum atomic E-state index is 13.2. The van der Waals surface area contributed by atoms with Gasteiger partial charge in [-0.15, -0.1) is 6.58 Å². The molecule has 1 unspecified atom stereocenters. The van der Waals surface area contributed by atoms with Crippen LogP contribution in [0.4, 0.5) is 5.69 Å². The standard InChI is InChI=1S/C25H32N2O2/c1-4-6-7-8-11-18-29-21-14-12-13-20(19-21)25(3)26-23-16-10-9-15-22(23)24(28)27(25)17-5-2/h5,9-10,12-16,19,26H,2,4,6-8,11,17-18H2,1,3H3. The number of nitrogens with zero attached hydrogens (tertiary/aromatic N) is 1. The van der Waals surface area contributed by atoms with Gasteiger partial charge < -0.3 is 15.0 Å². The van der Waals surface area contributed by atoms with Crippen molar-refractivity contribution < 1.29 is 9.53 Å². The lowest BCUT2D eigenvalue weighted by atomic mass is 9.93. The largest absolute Gasteiger partial charge is 0.494 e. The van der Waals surface area contributed by atoms with Crippen LogP contribution in [-0.4, -0.2) is 24.0 Å². The molecule has 0 aromatic heterocycles. The molecule has 1 atom stereocenters. The highest BCUT2D eigenvalue weighted by molar-refractivity contribution is 6.02. The Balaban J connectivity index is 1.80. The van der Waals surface area contributed by atoms with Crippen LogP contribution in [0, 0.1) is 0 Å². The van der Waals surface area contributed by atoms with Gasteiger partial charge in [-0.1, -0.05) is 62.9 Å². The zero-order valence-corrected chi connectivity index (χ0v) is 17.6. The van der Waals surface area contributed by atoms with Crippen LogP contribution in [0.3, 0.4) is 0 Å². The van der Waals surface area contributed by atoms with Crippen LogP contribution in [0.1, 0.15) is 61.9 Å². The molecule has 29 heavy (non-hydrogen) atoms. The molecule has 1 aliphatic rings. The number of para-hydroxylation sites is 1. The normalized spacial score (nSPS) is 18.1. The van der Waals surface area contributed by atoms with Crippen molar-refractivity contribution in [3.63, 3.8) is 0 Å². The summed E-state index contributed by atoms with van der Waals surface area (Å²) in [5.41, 5.74) is 1.85. The summed E-state index contributed by atoms with van der Waals surface area (Å²) >= 11 is 0. The lowest BCUT2D eigenvalue weighted by molar-refractivity contribution is 0.0572. The van der Waals surface area contributed by atoms with Crippen molar-refractivity contribution in [1.82, 2.24) is 4.90 Å². The van der Waals surface area contributed by atoms with Gasteiger partial charge >= 0.3 is 0 Å². The zero-order chi connectivity index (χ0) is 20.7. The zero-order valence-electron chi connectivity index (χ0n) is 17.6. The number of unbranched alkanes of at least 4 members (excludes halogenated alkanes) is 4. The molecule has 4 heteroatoms. The molecule has 2 aromatic carbocycles. The number of amides is 1. The minimum Gasteiger partial charge on any atom is -0.494 e. The van der Waals surface area contributed by atoms with Crippen LogP contribution in [0.25, 0.3) is 0 Å². The number of hydrogen-bond donors (Lipinski definition) is 1. The molecule has 1 aliphatic heterocycles. The fourth-order valence-corrected chi connectivity index (χ4v) is 3.86. The Morgan fingerprint density at radius 1 is 1.10 bits per heavy atom. The minimum atomic E-state index is -0.680. The Morgan fingerprint density at radius 3 is 2.69 bits per heavy atom. The highest BCUT2D eigenvalue weighted by atomic mass is 16.5. The molecule has 1 amide bonds. The molecular formula is C25H32N2O2. The Labute approximate surface area is 174 Å². The lowest BCUT2D eigenvalue weighted by Gasteiger charge is -2.46. The van der Waals surface area contributed by atoms with Gasteiger partial charge in [-0.25, -0.2) is 0 Å². The predicted octanol–water partition coefficient (Wildman–Crippen LogP) is 5.96. The summed E-state index contributed by atoms with van der Waals surface area (Å²) in [5.74, 6) is 0.842. The van der Waals surface area contributed by atoms with E-state index in [-0.39, 0.29) is 5.91 Å². The number of rotatable bonds is 10. The summed E-state index contributed by atoms with van der Waals surface area (Å²) in [6.45, 7) is 9.28. The van der Waals surface area contributed by atoms with Gasteiger partial charge in [-0.2, -0.15) is 0 Å². The third kappa shape index (κ3) is 4.64. The van der Waals surface area contributed by atoms with E-state index in [1.54, 1.807) is 6.08 Å². The molecule has 0 saturated carbocycles. The van der Waals surface area contributed by atoms with Gasteiger partial charge in [0.05, 0.1) is 12.2 Å². The van der Waals surface area contributed by atoms with Gasteiger partial charge in [0.2, 0.25) is 0 Å². The topological polar surface area (TPSA) is 41.6 Å². The van der Waals surface area contributed by atoms with Crippen molar-refractivity contribution in [1.29, 1.82) is 0 Å². The van der Waals surface area contributed by atoms with Crippen molar-refractivity contribution in [2.75, 3.05) is 18.5 Å². The second kappa shape index (κ2) is 9.64. The number of nitrogens with one attached hydrogen (secondary N) is 1. The Kier molecular flexibility index (Phi) is 6.97. The van der Waals surface area contributed by atoms with Crippen molar-refractivity contribution in [3.05, 3.63) is 72.3 Å². The number of carbonyl (C=O) groups is 1. The number of carbonyl (C=O) groups excluding carboxylic acids is 1. The number of hydrogen-bond acceptors (Lipinski definition) is 3. The van der Waals surface area contributed by atoms with Gasteiger partial charge in [-0.05, 0) is 37.6 Å². The maximum Gasteiger partial charge on any atom is 0.258 e. The number of fused-ring (bicyclic) bond motifs is 1. The van der Waals surface area contributed by atoms with E-state index in [2.05, 4.69) is 18.8 Å². The third-order valence-corrected chi connectivity index (χ3v) is 5.54. The fourth-order valence-electron chi connectivity index (χ4n) is 3.86. The van der Waals surface area contributed by atoms with E-state index >= 15 is 0 Å². The first-order chi connectivity index (χ1) is 14.1. The summed E-state index contributed by atoms with van der Waals surface area (Å²) in [5, 5.41) is 3.57. The number of anilines is 1. The van der Waals surface area contributed by atoms with Gasteiger partial charge in [0.25, 0.3) is 5.91 Å². The van der Waals surface area contributed by atoms with Crippen LogP contribution < -0.4 is 10.1 Å². The van der Waals surface area contributed by atoms with E-state index in [9.17, 15) is 4.79 Å². The van der Waals surface area contributed by atoms with Crippen molar-refractivity contribution in [2.24, 2.45) is 0 Å². The predicted molar refractivity (Wildman–Crippen MR) is 119 cm³/mol. The molecule has 1 heterocycles. The number of ether oxygens (including phenoxy) is 1. The van der Waals surface area contributed by atoms with Crippen LogP contribution in [0.2, 0.25) is 0 Å². The molecule has 4 nitrogen and oxygen atoms in total. The molecule has 0 spiro atoms. The van der Waals surface area contributed by atoms with E-state index < -0.39 is 5.66 Å². The molecule has 0 fully saturated rings. The molecule has 2 aromatic rings. The molecule has 0 aliphatic carbocycles. The lowest BCUT2D eigenvalue weighted by Crippen LogP contribution is -2.55. The summed E-state index contributed by atoms with van der Waals surface area (Å²) in [4.78, 5) is 15.0. The van der Waals surface area contributed by atoms with Crippen molar-refractivity contribution >= 4 is 11.6 Å². The molecule has 0 radical (unpaired) electrons. The Hall–Kier alpha value is -2.75. The average Bonchev–Trinajstić information content (AvgIpc) is 2.74. The van der Waals surface area contributed by atoms with Gasteiger partial charge in [0.1, 0.15) is 11.4 Å². The summed E-state index contributed by atoms with van der Waals surface area (Å²) in [7, 11) is 0. The first kappa shape index (κ1) is 21.0. The fraction of sp³-hybridized carbons (Fsp3) is 0.400. The first-order valence-electron chi connectivity index (χ1n) is 10.6.